The van der Waals surface area contributed by atoms with Gasteiger partial charge in [0.25, 0.3) is 0 Å². The highest BCUT2D eigenvalue weighted by Gasteiger charge is 2.13. The van der Waals surface area contributed by atoms with Gasteiger partial charge in [-0.2, -0.15) is 20.1 Å². The Morgan fingerprint density at radius 1 is 1.03 bits per heavy atom. The van der Waals surface area contributed by atoms with Crippen LogP contribution in [0.2, 0.25) is 0 Å². The summed E-state index contributed by atoms with van der Waals surface area (Å²) >= 11 is 7.00. The molecule has 0 fully saturated rings. The Morgan fingerprint density at radius 2 is 1.76 bits per heavy atom. The van der Waals surface area contributed by atoms with Crippen molar-refractivity contribution in [1.82, 2.24) is 15.0 Å². The van der Waals surface area contributed by atoms with Gasteiger partial charge in [-0.25, -0.2) is 5.43 Å². The molecule has 0 aliphatic rings. The van der Waals surface area contributed by atoms with E-state index in [1.807, 2.05) is 19.1 Å². The molecule has 0 amide bonds. The first-order valence-corrected chi connectivity index (χ1v) is 12.1. The predicted octanol–water partition coefficient (Wildman–Crippen LogP) is 6.06. The van der Waals surface area contributed by atoms with Crippen molar-refractivity contribution >= 4 is 61.6 Å². The summed E-state index contributed by atoms with van der Waals surface area (Å²) < 4.78 is 7.20. The van der Waals surface area contributed by atoms with Crippen LogP contribution in [-0.4, -0.2) is 41.4 Å². The van der Waals surface area contributed by atoms with Crippen molar-refractivity contribution < 1.29 is 4.74 Å². The molecule has 0 saturated heterocycles. The third-order valence-electron chi connectivity index (χ3n) is 4.92. The van der Waals surface area contributed by atoms with Crippen molar-refractivity contribution in [2.75, 3.05) is 35.8 Å². The van der Waals surface area contributed by atoms with Crippen molar-refractivity contribution in [3.05, 3.63) is 56.0 Å². The zero-order valence-corrected chi connectivity index (χ0v) is 22.5. The number of hydrazone groups is 1. The standard InChI is InChI=1S/C23H27Br2N7O/c1-6-32(7-2)23-29-21(27-19-10-14(3)8-9-15(19)4)28-22(30-23)31-26-13-16-11-17(24)12-18(25)20(16)33-5/h8-13H,6-7H2,1-5H3,(H2,27,28,29,30,31)/b26-13+. The van der Waals surface area contributed by atoms with Crippen molar-refractivity contribution in [2.45, 2.75) is 27.7 Å². The number of hydrogen-bond acceptors (Lipinski definition) is 8. The summed E-state index contributed by atoms with van der Waals surface area (Å²) in [6, 6.07) is 10.0. The minimum atomic E-state index is 0.337. The molecule has 0 aliphatic heterocycles. The lowest BCUT2D eigenvalue weighted by Crippen LogP contribution is -2.25. The number of aromatic nitrogens is 3. The molecule has 0 radical (unpaired) electrons. The van der Waals surface area contributed by atoms with Gasteiger partial charge in [0.1, 0.15) is 5.75 Å². The van der Waals surface area contributed by atoms with E-state index in [9.17, 15) is 0 Å². The molecular formula is C23H27Br2N7O. The number of halogens is 2. The second kappa shape index (κ2) is 11.4. The van der Waals surface area contributed by atoms with E-state index in [4.69, 9.17) is 4.74 Å². The van der Waals surface area contributed by atoms with Crippen LogP contribution in [-0.2, 0) is 0 Å². The maximum atomic E-state index is 5.48. The summed E-state index contributed by atoms with van der Waals surface area (Å²) in [6.45, 7) is 9.77. The van der Waals surface area contributed by atoms with E-state index in [1.165, 1.54) is 0 Å². The second-order valence-electron chi connectivity index (χ2n) is 7.28. The number of benzene rings is 2. The zero-order valence-electron chi connectivity index (χ0n) is 19.3. The van der Waals surface area contributed by atoms with E-state index in [-0.39, 0.29) is 0 Å². The summed E-state index contributed by atoms with van der Waals surface area (Å²) in [6.07, 6.45) is 1.66. The van der Waals surface area contributed by atoms with Crippen molar-refractivity contribution in [1.29, 1.82) is 0 Å². The molecule has 0 saturated carbocycles. The van der Waals surface area contributed by atoms with Gasteiger partial charge >= 0.3 is 0 Å². The average Bonchev–Trinajstić information content (AvgIpc) is 2.77. The fourth-order valence-corrected chi connectivity index (χ4v) is 4.58. The quantitative estimate of drug-likeness (QED) is 0.236. The summed E-state index contributed by atoms with van der Waals surface area (Å²) in [5.41, 5.74) is 6.93. The van der Waals surface area contributed by atoms with Crippen LogP contribution >= 0.6 is 31.9 Å². The molecule has 2 N–H and O–H groups in total. The van der Waals surface area contributed by atoms with E-state index in [1.54, 1.807) is 13.3 Å². The van der Waals surface area contributed by atoms with E-state index < -0.39 is 0 Å². The third-order valence-corrected chi connectivity index (χ3v) is 5.97. The molecule has 0 unspecified atom stereocenters. The first kappa shape index (κ1) is 24.9. The lowest BCUT2D eigenvalue weighted by Gasteiger charge is -2.19. The highest BCUT2D eigenvalue weighted by atomic mass is 79.9. The van der Waals surface area contributed by atoms with Gasteiger partial charge in [-0.05, 0) is 73.0 Å². The molecule has 1 aromatic heterocycles. The Bertz CT molecular complexity index is 1150. The van der Waals surface area contributed by atoms with Crippen LogP contribution in [0.3, 0.4) is 0 Å². The Labute approximate surface area is 211 Å². The van der Waals surface area contributed by atoms with E-state index in [0.29, 0.717) is 23.6 Å². The Morgan fingerprint density at radius 3 is 2.45 bits per heavy atom. The first-order chi connectivity index (χ1) is 15.8. The minimum absolute atomic E-state index is 0.337. The zero-order chi connectivity index (χ0) is 24.0. The number of nitrogens with zero attached hydrogens (tertiary/aromatic N) is 5. The fourth-order valence-electron chi connectivity index (χ4n) is 3.16. The molecule has 3 aromatic rings. The summed E-state index contributed by atoms with van der Waals surface area (Å²) in [5, 5.41) is 7.66. The highest BCUT2D eigenvalue weighted by molar-refractivity contribution is 9.11. The number of anilines is 4. The fraction of sp³-hybridized carbons (Fsp3) is 0.304. The van der Waals surface area contributed by atoms with Gasteiger partial charge in [0, 0.05) is 28.8 Å². The van der Waals surface area contributed by atoms with Gasteiger partial charge in [0.2, 0.25) is 17.8 Å². The molecule has 33 heavy (non-hydrogen) atoms. The van der Waals surface area contributed by atoms with Crippen molar-refractivity contribution in [2.24, 2.45) is 5.10 Å². The lowest BCUT2D eigenvalue weighted by atomic mass is 10.1. The molecule has 8 nitrogen and oxygen atoms in total. The average molecular weight is 577 g/mol. The van der Waals surface area contributed by atoms with Crippen LogP contribution in [0.15, 0.2) is 44.4 Å². The summed E-state index contributed by atoms with van der Waals surface area (Å²) in [7, 11) is 1.62. The largest absolute Gasteiger partial charge is 0.495 e. The number of ether oxygens (including phenoxy) is 1. The molecule has 0 bridgehead atoms. The van der Waals surface area contributed by atoms with E-state index in [0.717, 1.165) is 44.4 Å². The van der Waals surface area contributed by atoms with Gasteiger partial charge in [-0.3, -0.25) is 0 Å². The second-order valence-corrected chi connectivity index (χ2v) is 9.05. The molecule has 174 valence electrons. The van der Waals surface area contributed by atoms with Crippen LogP contribution in [0.4, 0.5) is 23.5 Å². The van der Waals surface area contributed by atoms with Gasteiger partial charge in [0.05, 0.1) is 17.8 Å². The predicted molar refractivity (Wildman–Crippen MR) is 142 cm³/mol. The van der Waals surface area contributed by atoms with Crippen LogP contribution < -0.4 is 20.4 Å². The van der Waals surface area contributed by atoms with E-state index >= 15 is 0 Å². The van der Waals surface area contributed by atoms with Gasteiger partial charge in [-0.15, -0.1) is 0 Å². The Kier molecular flexibility index (Phi) is 8.62. The van der Waals surface area contributed by atoms with Crippen LogP contribution in [0.1, 0.15) is 30.5 Å². The normalized spacial score (nSPS) is 11.0. The minimum Gasteiger partial charge on any atom is -0.495 e. The molecular weight excluding hydrogens is 550 g/mol. The lowest BCUT2D eigenvalue weighted by molar-refractivity contribution is 0.411. The van der Waals surface area contributed by atoms with Gasteiger partial charge in [0.15, 0.2) is 0 Å². The maximum absolute atomic E-state index is 5.48. The SMILES string of the molecule is CCN(CC)c1nc(N/N=C/c2cc(Br)cc(Br)c2OC)nc(Nc2cc(C)ccc2C)n1. The molecule has 0 atom stereocenters. The van der Waals surface area contributed by atoms with Gasteiger partial charge < -0.3 is 15.0 Å². The van der Waals surface area contributed by atoms with Crippen molar-refractivity contribution in [3.8, 4) is 5.75 Å². The first-order valence-electron chi connectivity index (χ1n) is 10.5. The number of rotatable bonds is 9. The topological polar surface area (TPSA) is 87.6 Å². The molecule has 0 spiro atoms. The maximum Gasteiger partial charge on any atom is 0.250 e. The van der Waals surface area contributed by atoms with E-state index in [2.05, 4.69) is 107 Å². The Balaban J connectivity index is 1.92. The molecule has 3 rings (SSSR count). The summed E-state index contributed by atoms with van der Waals surface area (Å²) in [5.74, 6) is 2.04. The smallest absolute Gasteiger partial charge is 0.250 e. The van der Waals surface area contributed by atoms with Crippen molar-refractivity contribution in [3.63, 3.8) is 0 Å². The number of aryl methyl sites for hydroxylation is 2. The highest BCUT2D eigenvalue weighted by Crippen LogP contribution is 2.31. The van der Waals surface area contributed by atoms with Crippen LogP contribution in [0, 0.1) is 13.8 Å². The number of methoxy groups -OCH3 is 1. The molecule has 2 aromatic carbocycles. The summed E-state index contributed by atoms with van der Waals surface area (Å²) in [4.78, 5) is 15.8. The number of nitrogens with one attached hydrogen (secondary N) is 2. The number of hydrogen-bond donors (Lipinski definition) is 2. The van der Waals surface area contributed by atoms with Gasteiger partial charge in [-0.1, -0.05) is 28.1 Å². The monoisotopic (exact) mass is 575 g/mol. The molecule has 1 heterocycles. The molecule has 10 heteroatoms. The van der Waals surface area contributed by atoms with Crippen LogP contribution in [0.25, 0.3) is 0 Å². The third kappa shape index (κ3) is 6.42. The van der Waals surface area contributed by atoms with Crippen LogP contribution in [0.5, 0.6) is 5.75 Å². The Hall–Kier alpha value is -2.72. The molecule has 0 aliphatic carbocycles.